The first kappa shape index (κ1) is 20.6. The Bertz CT molecular complexity index is 1330. The fraction of sp³-hybridized carbons (Fsp3) is 0.222. The van der Waals surface area contributed by atoms with E-state index in [1.807, 2.05) is 55.5 Å². The van der Waals surface area contributed by atoms with Crippen LogP contribution in [-0.4, -0.2) is 31.3 Å². The number of aryl methyl sites for hydroxylation is 1. The maximum atomic E-state index is 13.2. The molecule has 6 rings (SSSR count). The van der Waals surface area contributed by atoms with Crippen molar-refractivity contribution in [3.8, 4) is 28.7 Å². The molecule has 7 heteroatoms. The maximum absolute atomic E-state index is 13.2. The normalized spacial score (nSPS) is 17.2. The van der Waals surface area contributed by atoms with Crippen LogP contribution in [0.1, 0.15) is 32.6 Å². The molecule has 34 heavy (non-hydrogen) atoms. The van der Waals surface area contributed by atoms with E-state index in [0.29, 0.717) is 36.9 Å². The van der Waals surface area contributed by atoms with Crippen molar-refractivity contribution in [3.05, 3.63) is 82.1 Å². The third kappa shape index (κ3) is 3.54. The van der Waals surface area contributed by atoms with E-state index in [1.54, 1.807) is 13.2 Å². The highest BCUT2D eigenvalue weighted by molar-refractivity contribution is 6.15. The van der Waals surface area contributed by atoms with Crippen molar-refractivity contribution in [3.63, 3.8) is 0 Å². The summed E-state index contributed by atoms with van der Waals surface area (Å²) in [5, 5.41) is 0. The minimum Gasteiger partial charge on any atom is -0.497 e. The number of nitrogens with zero attached hydrogens (tertiary/aromatic N) is 1. The van der Waals surface area contributed by atoms with Gasteiger partial charge in [-0.25, -0.2) is 0 Å². The smallest absolute Gasteiger partial charge is 0.232 e. The molecule has 0 aromatic heterocycles. The second-order valence-electron chi connectivity index (χ2n) is 8.54. The zero-order valence-electron chi connectivity index (χ0n) is 18.9. The van der Waals surface area contributed by atoms with Crippen LogP contribution in [0.5, 0.6) is 28.7 Å². The molecule has 0 N–H and O–H groups in total. The second kappa shape index (κ2) is 8.11. The molecule has 3 aromatic rings. The van der Waals surface area contributed by atoms with Crippen LogP contribution in [0.3, 0.4) is 0 Å². The number of hydrogen-bond acceptors (Lipinski definition) is 7. The molecule has 0 amide bonds. The van der Waals surface area contributed by atoms with Crippen LogP contribution in [0.15, 0.2) is 54.3 Å². The van der Waals surface area contributed by atoms with Crippen LogP contribution in [0.2, 0.25) is 0 Å². The highest BCUT2D eigenvalue weighted by Gasteiger charge is 2.35. The van der Waals surface area contributed by atoms with Gasteiger partial charge in [0.15, 0.2) is 17.3 Å². The van der Waals surface area contributed by atoms with Crippen molar-refractivity contribution in [2.24, 2.45) is 0 Å². The van der Waals surface area contributed by atoms with Gasteiger partial charge in [0, 0.05) is 13.1 Å². The molecule has 0 unspecified atom stereocenters. The zero-order valence-corrected chi connectivity index (χ0v) is 18.9. The average Bonchev–Trinajstić information content (AvgIpc) is 3.44. The molecular weight excluding hydrogens is 434 g/mol. The Morgan fingerprint density at radius 2 is 1.82 bits per heavy atom. The largest absolute Gasteiger partial charge is 0.497 e. The van der Waals surface area contributed by atoms with E-state index in [9.17, 15) is 4.79 Å². The van der Waals surface area contributed by atoms with E-state index in [-0.39, 0.29) is 12.6 Å². The van der Waals surface area contributed by atoms with Crippen molar-refractivity contribution < 1.29 is 28.5 Å². The number of carbonyl (C=O) groups is 1. The van der Waals surface area contributed by atoms with Gasteiger partial charge in [0.2, 0.25) is 12.6 Å². The minimum atomic E-state index is -0.112. The molecule has 3 aliphatic rings. The van der Waals surface area contributed by atoms with Gasteiger partial charge < -0.3 is 23.7 Å². The van der Waals surface area contributed by atoms with Crippen molar-refractivity contribution >= 4 is 11.9 Å². The molecule has 3 aromatic carbocycles. The zero-order chi connectivity index (χ0) is 23.2. The van der Waals surface area contributed by atoms with Crippen LogP contribution in [0.25, 0.3) is 6.08 Å². The molecule has 0 saturated heterocycles. The molecule has 172 valence electrons. The number of methoxy groups -OCH3 is 1. The maximum Gasteiger partial charge on any atom is 0.232 e. The summed E-state index contributed by atoms with van der Waals surface area (Å²) in [6, 6.07) is 15.4. The Morgan fingerprint density at radius 3 is 2.65 bits per heavy atom. The van der Waals surface area contributed by atoms with Gasteiger partial charge in [0.1, 0.15) is 24.0 Å². The fourth-order valence-corrected chi connectivity index (χ4v) is 4.53. The van der Waals surface area contributed by atoms with E-state index >= 15 is 0 Å². The third-order valence-electron chi connectivity index (χ3n) is 6.24. The quantitative estimate of drug-likeness (QED) is 0.526. The Balaban J connectivity index is 1.27. The molecule has 0 bridgehead atoms. The molecule has 3 aliphatic heterocycles. The monoisotopic (exact) mass is 457 g/mol. The van der Waals surface area contributed by atoms with Crippen LogP contribution in [0, 0.1) is 6.92 Å². The fourth-order valence-electron chi connectivity index (χ4n) is 4.53. The van der Waals surface area contributed by atoms with Crippen molar-refractivity contribution in [1.29, 1.82) is 0 Å². The Kier molecular flexibility index (Phi) is 4.92. The van der Waals surface area contributed by atoms with Crippen LogP contribution in [0.4, 0.5) is 0 Å². The molecular formula is C27H23NO6. The highest BCUT2D eigenvalue weighted by atomic mass is 16.7. The summed E-state index contributed by atoms with van der Waals surface area (Å²) in [6.45, 7) is 3.89. The summed E-state index contributed by atoms with van der Waals surface area (Å²) in [4.78, 5) is 15.4. The van der Waals surface area contributed by atoms with E-state index in [2.05, 4.69) is 4.90 Å². The lowest BCUT2D eigenvalue weighted by Gasteiger charge is -2.30. The number of fused-ring (bicyclic) bond motifs is 4. The second-order valence-corrected chi connectivity index (χ2v) is 8.54. The number of ether oxygens (including phenoxy) is 5. The van der Waals surface area contributed by atoms with Crippen LogP contribution < -0.4 is 23.7 Å². The SMILES string of the molecule is COc1ccc(/C=C2\Oc3c4c(cc(C)c3C2=O)OCN(Cc2ccc3c(c2)OCO3)C4)cc1. The third-order valence-corrected chi connectivity index (χ3v) is 6.24. The molecule has 0 aliphatic carbocycles. The van der Waals surface area contributed by atoms with Gasteiger partial charge in [-0.2, -0.15) is 0 Å². The number of hydrogen-bond donors (Lipinski definition) is 0. The van der Waals surface area contributed by atoms with E-state index in [4.69, 9.17) is 23.7 Å². The van der Waals surface area contributed by atoms with Gasteiger partial charge in [-0.15, -0.1) is 0 Å². The topological polar surface area (TPSA) is 66.5 Å². The van der Waals surface area contributed by atoms with Gasteiger partial charge >= 0.3 is 0 Å². The number of rotatable bonds is 4. The van der Waals surface area contributed by atoms with Gasteiger partial charge in [-0.1, -0.05) is 18.2 Å². The van der Waals surface area contributed by atoms with Gasteiger partial charge in [0.05, 0.1) is 18.2 Å². The van der Waals surface area contributed by atoms with E-state index in [0.717, 1.165) is 45.3 Å². The molecule has 3 heterocycles. The van der Waals surface area contributed by atoms with Gasteiger partial charge in [-0.05, 0) is 60.0 Å². The van der Waals surface area contributed by atoms with Gasteiger partial charge in [-0.3, -0.25) is 9.69 Å². The lowest BCUT2D eigenvalue weighted by molar-refractivity contribution is 0.0871. The Morgan fingerprint density at radius 1 is 1.00 bits per heavy atom. The number of benzene rings is 3. The summed E-state index contributed by atoms with van der Waals surface area (Å²) < 4.78 is 28.3. The lowest BCUT2D eigenvalue weighted by Crippen LogP contribution is -2.31. The highest BCUT2D eigenvalue weighted by Crippen LogP contribution is 2.44. The standard InChI is InChI=1S/C27H23NO6/c1-16-9-22-20(13-28(14-31-22)12-18-5-8-21-23(11-18)33-15-32-21)27-25(16)26(29)24(34-27)10-17-3-6-19(30-2)7-4-17/h3-11H,12-15H2,1-2H3/b24-10-. The minimum absolute atomic E-state index is 0.112. The predicted octanol–water partition coefficient (Wildman–Crippen LogP) is 4.70. The molecule has 0 radical (unpaired) electrons. The number of Topliss-reactive ketones (excluding diaryl/α,β-unsaturated/α-hetero) is 1. The molecule has 0 saturated carbocycles. The predicted molar refractivity (Wildman–Crippen MR) is 124 cm³/mol. The molecule has 7 nitrogen and oxygen atoms in total. The molecule has 0 spiro atoms. The van der Waals surface area contributed by atoms with Crippen molar-refractivity contribution in [2.75, 3.05) is 20.6 Å². The first-order valence-electron chi connectivity index (χ1n) is 11.1. The molecule has 0 fully saturated rings. The van der Waals surface area contributed by atoms with E-state index < -0.39 is 0 Å². The Labute approximate surface area is 197 Å². The van der Waals surface area contributed by atoms with Crippen LogP contribution in [-0.2, 0) is 13.1 Å². The summed E-state index contributed by atoms with van der Waals surface area (Å²) >= 11 is 0. The molecule has 0 atom stereocenters. The summed E-state index contributed by atoms with van der Waals surface area (Å²) in [5.41, 5.74) is 4.30. The van der Waals surface area contributed by atoms with Gasteiger partial charge in [0.25, 0.3) is 0 Å². The Hall–Kier alpha value is -3.97. The first-order valence-corrected chi connectivity index (χ1v) is 11.1. The van der Waals surface area contributed by atoms with Crippen LogP contribution >= 0.6 is 0 Å². The summed E-state index contributed by atoms with van der Waals surface area (Å²) in [5.74, 6) is 3.83. The average molecular weight is 457 g/mol. The van der Waals surface area contributed by atoms with Crippen molar-refractivity contribution in [2.45, 2.75) is 20.0 Å². The van der Waals surface area contributed by atoms with E-state index in [1.165, 1.54) is 0 Å². The number of carbonyl (C=O) groups excluding carboxylic acids is 1. The van der Waals surface area contributed by atoms with Crippen molar-refractivity contribution in [1.82, 2.24) is 4.90 Å². The lowest BCUT2D eigenvalue weighted by atomic mass is 9.98. The summed E-state index contributed by atoms with van der Waals surface area (Å²) in [6.07, 6.45) is 1.77. The number of ketones is 1. The number of allylic oxidation sites excluding steroid dienone is 1. The summed E-state index contributed by atoms with van der Waals surface area (Å²) in [7, 11) is 1.62. The first-order chi connectivity index (χ1) is 16.6.